The largest absolute Gasteiger partial charge is 0.467 e. The van der Waals surface area contributed by atoms with Crippen LogP contribution in [0.25, 0.3) is 0 Å². The van der Waals surface area contributed by atoms with E-state index in [9.17, 15) is 14.0 Å². The SMILES string of the molecule is CCCC(C)(NC(=O)c1cccc(Br)c1F)C(=O)OC. The van der Waals surface area contributed by atoms with Gasteiger partial charge in [-0.3, -0.25) is 4.79 Å². The number of carbonyl (C=O) groups is 2. The third-order valence-electron chi connectivity index (χ3n) is 2.97. The van der Waals surface area contributed by atoms with E-state index in [1.807, 2.05) is 6.92 Å². The predicted molar refractivity (Wildman–Crippen MR) is 76.9 cm³/mol. The van der Waals surface area contributed by atoms with Gasteiger partial charge in [0.15, 0.2) is 0 Å². The summed E-state index contributed by atoms with van der Waals surface area (Å²) in [4.78, 5) is 24.0. The molecule has 1 amide bonds. The van der Waals surface area contributed by atoms with Crippen molar-refractivity contribution in [1.29, 1.82) is 0 Å². The predicted octanol–water partition coefficient (Wildman–Crippen LogP) is 3.05. The van der Waals surface area contributed by atoms with Crippen LogP contribution in [-0.4, -0.2) is 24.5 Å². The molecule has 110 valence electrons. The van der Waals surface area contributed by atoms with Crippen molar-refractivity contribution in [3.63, 3.8) is 0 Å². The molecule has 20 heavy (non-hydrogen) atoms. The fourth-order valence-corrected chi connectivity index (χ4v) is 2.30. The van der Waals surface area contributed by atoms with Crippen LogP contribution in [0, 0.1) is 5.82 Å². The third-order valence-corrected chi connectivity index (χ3v) is 3.58. The van der Waals surface area contributed by atoms with Crippen LogP contribution < -0.4 is 5.32 Å². The number of carbonyl (C=O) groups excluding carboxylic acids is 2. The van der Waals surface area contributed by atoms with Gasteiger partial charge in [0.25, 0.3) is 5.91 Å². The van der Waals surface area contributed by atoms with Crippen LogP contribution in [0.5, 0.6) is 0 Å². The number of halogens is 2. The third kappa shape index (κ3) is 3.56. The zero-order valence-corrected chi connectivity index (χ0v) is 13.2. The number of amides is 1. The highest BCUT2D eigenvalue weighted by molar-refractivity contribution is 9.10. The van der Waals surface area contributed by atoms with E-state index in [2.05, 4.69) is 21.2 Å². The Bertz CT molecular complexity index is 521. The molecule has 1 atom stereocenters. The Morgan fingerprint density at radius 2 is 2.10 bits per heavy atom. The van der Waals surface area contributed by atoms with Crippen molar-refractivity contribution in [2.45, 2.75) is 32.2 Å². The normalized spacial score (nSPS) is 13.4. The van der Waals surface area contributed by atoms with Gasteiger partial charge in [0.2, 0.25) is 0 Å². The van der Waals surface area contributed by atoms with Gasteiger partial charge < -0.3 is 10.1 Å². The van der Waals surface area contributed by atoms with Crippen LogP contribution in [-0.2, 0) is 9.53 Å². The van der Waals surface area contributed by atoms with E-state index in [1.54, 1.807) is 13.0 Å². The highest BCUT2D eigenvalue weighted by Gasteiger charge is 2.35. The number of nitrogens with one attached hydrogen (secondary N) is 1. The second-order valence-corrected chi connectivity index (χ2v) is 5.48. The molecule has 0 spiro atoms. The first-order valence-corrected chi connectivity index (χ1v) is 7.00. The number of benzene rings is 1. The first-order valence-electron chi connectivity index (χ1n) is 6.20. The quantitative estimate of drug-likeness (QED) is 0.834. The molecule has 0 bridgehead atoms. The van der Waals surface area contributed by atoms with Crippen LogP contribution >= 0.6 is 15.9 Å². The summed E-state index contributed by atoms with van der Waals surface area (Å²) in [6, 6.07) is 4.41. The van der Waals surface area contributed by atoms with Crippen LogP contribution in [0.3, 0.4) is 0 Å². The smallest absolute Gasteiger partial charge is 0.331 e. The van der Waals surface area contributed by atoms with Crippen molar-refractivity contribution in [3.05, 3.63) is 34.1 Å². The van der Waals surface area contributed by atoms with E-state index in [0.29, 0.717) is 12.8 Å². The molecule has 0 fully saturated rings. The van der Waals surface area contributed by atoms with Gasteiger partial charge in [0.05, 0.1) is 17.1 Å². The van der Waals surface area contributed by atoms with Crippen LogP contribution in [0.2, 0.25) is 0 Å². The van der Waals surface area contributed by atoms with Gasteiger partial charge in [-0.25, -0.2) is 9.18 Å². The maximum Gasteiger partial charge on any atom is 0.331 e. The van der Waals surface area contributed by atoms with Crippen LogP contribution in [0.4, 0.5) is 4.39 Å². The van der Waals surface area contributed by atoms with E-state index in [0.717, 1.165) is 0 Å². The molecule has 1 unspecified atom stereocenters. The molecule has 0 aromatic heterocycles. The van der Waals surface area contributed by atoms with E-state index in [4.69, 9.17) is 4.74 Å². The molecule has 0 aliphatic rings. The first kappa shape index (κ1) is 16.6. The molecule has 0 aliphatic carbocycles. The zero-order chi connectivity index (χ0) is 15.3. The lowest BCUT2D eigenvalue weighted by molar-refractivity contribution is -0.147. The van der Waals surface area contributed by atoms with Gasteiger partial charge in [-0.1, -0.05) is 19.4 Å². The summed E-state index contributed by atoms with van der Waals surface area (Å²) in [5, 5.41) is 2.56. The molecular formula is C14H17BrFNO3. The van der Waals surface area contributed by atoms with Crippen molar-refractivity contribution in [2.75, 3.05) is 7.11 Å². The molecule has 4 nitrogen and oxygen atoms in total. The maximum atomic E-state index is 13.9. The van der Waals surface area contributed by atoms with Crippen molar-refractivity contribution < 1.29 is 18.7 Å². The molecule has 0 aliphatic heterocycles. The molecule has 1 aromatic rings. The number of esters is 1. The van der Waals surface area contributed by atoms with Gasteiger partial charge >= 0.3 is 5.97 Å². The van der Waals surface area contributed by atoms with E-state index in [1.165, 1.54) is 19.2 Å². The van der Waals surface area contributed by atoms with Crippen molar-refractivity contribution in [3.8, 4) is 0 Å². The number of methoxy groups -OCH3 is 1. The summed E-state index contributed by atoms with van der Waals surface area (Å²) < 4.78 is 18.8. The van der Waals surface area contributed by atoms with Crippen molar-refractivity contribution in [1.82, 2.24) is 5.32 Å². The minimum atomic E-state index is -1.17. The Hall–Kier alpha value is -1.43. The topological polar surface area (TPSA) is 55.4 Å². The number of rotatable bonds is 5. The Morgan fingerprint density at radius 1 is 1.45 bits per heavy atom. The monoisotopic (exact) mass is 345 g/mol. The lowest BCUT2D eigenvalue weighted by Gasteiger charge is -2.27. The molecule has 1 N–H and O–H groups in total. The highest BCUT2D eigenvalue weighted by atomic mass is 79.9. The Morgan fingerprint density at radius 3 is 2.65 bits per heavy atom. The lowest BCUT2D eigenvalue weighted by atomic mass is 9.95. The maximum absolute atomic E-state index is 13.9. The number of hydrogen-bond donors (Lipinski definition) is 1. The minimum Gasteiger partial charge on any atom is -0.467 e. The average molecular weight is 346 g/mol. The molecule has 6 heteroatoms. The van der Waals surface area contributed by atoms with E-state index < -0.39 is 23.2 Å². The molecule has 0 saturated carbocycles. The average Bonchev–Trinajstić information content (AvgIpc) is 2.40. The Labute approximate surface area is 125 Å². The molecule has 0 radical (unpaired) electrons. The summed E-state index contributed by atoms with van der Waals surface area (Å²) >= 11 is 3.02. The van der Waals surface area contributed by atoms with E-state index in [-0.39, 0.29) is 10.0 Å². The second kappa shape index (κ2) is 6.83. The van der Waals surface area contributed by atoms with Gasteiger partial charge in [-0.15, -0.1) is 0 Å². The number of hydrogen-bond acceptors (Lipinski definition) is 3. The minimum absolute atomic E-state index is 0.120. The zero-order valence-electron chi connectivity index (χ0n) is 11.6. The van der Waals surface area contributed by atoms with E-state index >= 15 is 0 Å². The van der Waals surface area contributed by atoms with Crippen LogP contribution in [0.15, 0.2) is 22.7 Å². The fourth-order valence-electron chi connectivity index (χ4n) is 1.94. The summed E-state index contributed by atoms with van der Waals surface area (Å²) in [6.07, 6.45) is 1.08. The molecule has 1 aromatic carbocycles. The summed E-state index contributed by atoms with van der Waals surface area (Å²) in [6.45, 7) is 3.45. The summed E-state index contributed by atoms with van der Waals surface area (Å²) in [5.41, 5.74) is -1.29. The summed E-state index contributed by atoms with van der Waals surface area (Å²) in [7, 11) is 1.25. The molecule has 1 rings (SSSR count). The fraction of sp³-hybridized carbons (Fsp3) is 0.429. The van der Waals surface area contributed by atoms with Crippen LogP contribution in [0.1, 0.15) is 37.0 Å². The lowest BCUT2D eigenvalue weighted by Crippen LogP contribution is -2.52. The van der Waals surface area contributed by atoms with Crippen molar-refractivity contribution >= 4 is 27.8 Å². The number of ether oxygens (including phenoxy) is 1. The van der Waals surface area contributed by atoms with Gasteiger partial charge in [0.1, 0.15) is 11.4 Å². The molecule has 0 heterocycles. The Balaban J connectivity index is 3.03. The highest BCUT2D eigenvalue weighted by Crippen LogP contribution is 2.20. The Kier molecular flexibility index (Phi) is 5.68. The van der Waals surface area contributed by atoms with Crippen molar-refractivity contribution in [2.24, 2.45) is 0 Å². The second-order valence-electron chi connectivity index (χ2n) is 4.63. The molecular weight excluding hydrogens is 329 g/mol. The summed E-state index contributed by atoms with van der Waals surface area (Å²) in [5.74, 6) is -1.86. The van der Waals surface area contributed by atoms with Gasteiger partial charge in [0, 0.05) is 0 Å². The first-order chi connectivity index (χ1) is 9.35. The molecule has 0 saturated heterocycles. The van der Waals surface area contributed by atoms with Gasteiger partial charge in [-0.05, 0) is 41.4 Å². The standard InChI is InChI=1S/C14H17BrFNO3/c1-4-8-14(2,13(19)20-3)17-12(18)9-6-5-7-10(15)11(9)16/h5-7H,4,8H2,1-3H3,(H,17,18). The van der Waals surface area contributed by atoms with Gasteiger partial charge in [-0.2, -0.15) is 0 Å².